The predicted molar refractivity (Wildman–Crippen MR) is 229 cm³/mol. The maximum atomic E-state index is 13.8. The third-order valence-corrected chi connectivity index (χ3v) is 15.8. The van der Waals surface area contributed by atoms with Crippen molar-refractivity contribution in [1.82, 2.24) is 0 Å². The van der Waals surface area contributed by atoms with Crippen LogP contribution in [0.2, 0.25) is 18.1 Å². The molecule has 60 heavy (non-hydrogen) atoms. The van der Waals surface area contributed by atoms with Gasteiger partial charge in [0, 0.05) is 25.7 Å². The summed E-state index contributed by atoms with van der Waals surface area (Å²) in [6.45, 7) is 21.1. The van der Waals surface area contributed by atoms with E-state index in [0.29, 0.717) is 25.7 Å². The number of rotatable bonds is 29. The molecule has 2 aliphatic heterocycles. The van der Waals surface area contributed by atoms with Crippen LogP contribution in [0.25, 0.3) is 0 Å². The van der Waals surface area contributed by atoms with Crippen molar-refractivity contribution in [2.45, 2.75) is 251 Å². The average molecular weight is 875 g/mol. The Morgan fingerprint density at radius 2 is 1.08 bits per heavy atom. The number of hydrogen-bond donors (Lipinski definition) is 1. The van der Waals surface area contributed by atoms with Crippen molar-refractivity contribution in [2.75, 3.05) is 13.2 Å². The Kier molecular flexibility index (Phi) is 24.4. The van der Waals surface area contributed by atoms with Crippen molar-refractivity contribution >= 4 is 32.2 Å². The van der Waals surface area contributed by atoms with E-state index in [1.807, 2.05) is 33.9 Å². The van der Waals surface area contributed by atoms with Crippen LogP contribution in [0.5, 0.6) is 0 Å². The summed E-state index contributed by atoms with van der Waals surface area (Å²) in [5.74, 6) is -3.30. The van der Waals surface area contributed by atoms with Crippen molar-refractivity contribution in [1.29, 1.82) is 0 Å². The summed E-state index contributed by atoms with van der Waals surface area (Å²) in [6.07, 6.45) is 1.70. The molecule has 0 saturated carbocycles. The quantitative estimate of drug-likeness (QED) is 0.0248. The highest BCUT2D eigenvalue weighted by Gasteiger charge is 2.56. The van der Waals surface area contributed by atoms with E-state index in [1.165, 1.54) is 0 Å². The zero-order valence-corrected chi connectivity index (χ0v) is 40.0. The standard InChI is InChI=1S/C45H82O14Si/c1-12-16-20-21-25-29-37(50)55-41-40(54-36(49)28-24-19-15-4)38(53-35(48)27-23-18-14-3)33(31-51-34(47)26-22-17-13-2)52-42(41)56-43(59-60(10,11)44(5,6)7)39-32(30-46)57-45(8,9)58-39/h32-33,38-43,46H,12-31H2,1-11H3/t32-,33+,38+,39-,40-,41-,42-,43?/m0/s1. The first-order valence-electron chi connectivity index (χ1n) is 23.0. The summed E-state index contributed by atoms with van der Waals surface area (Å²) >= 11 is 0. The zero-order valence-electron chi connectivity index (χ0n) is 39.0. The van der Waals surface area contributed by atoms with Crippen LogP contribution in [0.1, 0.15) is 178 Å². The molecule has 0 aromatic rings. The Labute approximate surface area is 362 Å². The molecule has 0 bridgehead atoms. The minimum atomic E-state index is -2.70. The summed E-state index contributed by atoms with van der Waals surface area (Å²) in [4.78, 5) is 54.0. The van der Waals surface area contributed by atoms with E-state index in [9.17, 15) is 24.3 Å². The lowest BCUT2D eigenvalue weighted by Gasteiger charge is -2.47. The molecule has 0 spiro atoms. The van der Waals surface area contributed by atoms with Crippen LogP contribution in [0.15, 0.2) is 0 Å². The fourth-order valence-corrected chi connectivity index (χ4v) is 7.96. The highest BCUT2D eigenvalue weighted by Crippen LogP contribution is 2.41. The number of carbonyl (C=O) groups is 4. The number of aliphatic hydroxyl groups excluding tert-OH is 1. The first kappa shape index (κ1) is 54.0. The van der Waals surface area contributed by atoms with Crippen molar-refractivity contribution in [3.05, 3.63) is 0 Å². The van der Waals surface area contributed by atoms with Gasteiger partial charge in [-0.05, 0) is 57.7 Å². The maximum absolute atomic E-state index is 13.8. The predicted octanol–water partition coefficient (Wildman–Crippen LogP) is 8.97. The van der Waals surface area contributed by atoms with Gasteiger partial charge >= 0.3 is 23.9 Å². The summed E-state index contributed by atoms with van der Waals surface area (Å²) in [6, 6.07) is 0. The molecule has 0 amide bonds. The number of ether oxygens (including phenoxy) is 8. The van der Waals surface area contributed by atoms with Gasteiger partial charge in [0.25, 0.3) is 0 Å². The molecule has 15 heteroatoms. The summed E-state index contributed by atoms with van der Waals surface area (Å²) in [5, 5.41) is 10.2. The monoisotopic (exact) mass is 875 g/mol. The highest BCUT2D eigenvalue weighted by atomic mass is 28.4. The molecule has 8 atom stereocenters. The zero-order chi connectivity index (χ0) is 44.9. The van der Waals surface area contributed by atoms with Crippen molar-refractivity contribution in [3.8, 4) is 0 Å². The first-order chi connectivity index (χ1) is 28.3. The van der Waals surface area contributed by atoms with Crippen LogP contribution in [0, 0.1) is 0 Å². The fraction of sp³-hybridized carbons (Fsp3) is 0.911. The van der Waals surface area contributed by atoms with Crippen molar-refractivity contribution in [3.63, 3.8) is 0 Å². The number of hydrogen-bond acceptors (Lipinski definition) is 14. The largest absolute Gasteiger partial charge is 0.463 e. The van der Waals surface area contributed by atoms with Gasteiger partial charge in [-0.1, -0.05) is 113 Å². The molecule has 2 rings (SSSR count). The van der Waals surface area contributed by atoms with Crippen molar-refractivity contribution in [2.24, 2.45) is 0 Å². The number of aliphatic hydroxyl groups is 1. The molecule has 2 fully saturated rings. The third-order valence-electron chi connectivity index (χ3n) is 11.4. The van der Waals surface area contributed by atoms with Crippen LogP contribution in [0.3, 0.4) is 0 Å². The van der Waals surface area contributed by atoms with Crippen LogP contribution in [-0.2, 0) is 61.5 Å². The van der Waals surface area contributed by atoms with E-state index >= 15 is 0 Å². The second-order valence-corrected chi connectivity index (χ2v) is 23.1. The fourth-order valence-electron chi connectivity index (χ4n) is 6.84. The summed E-state index contributed by atoms with van der Waals surface area (Å²) in [7, 11) is -2.70. The topological polar surface area (TPSA) is 172 Å². The highest BCUT2D eigenvalue weighted by molar-refractivity contribution is 6.74. The molecule has 2 saturated heterocycles. The van der Waals surface area contributed by atoms with Crippen LogP contribution < -0.4 is 0 Å². The Hall–Kier alpha value is -2.14. The van der Waals surface area contributed by atoms with Crippen LogP contribution in [-0.4, -0.2) is 106 Å². The van der Waals surface area contributed by atoms with Gasteiger partial charge in [0.1, 0.15) is 24.9 Å². The lowest BCUT2D eigenvalue weighted by molar-refractivity contribution is -0.344. The molecule has 2 aliphatic rings. The Bertz CT molecular complexity index is 1270. The number of carbonyl (C=O) groups excluding carboxylic acids is 4. The van der Waals surface area contributed by atoms with E-state index in [1.54, 1.807) is 13.8 Å². The molecule has 0 aliphatic carbocycles. The third kappa shape index (κ3) is 18.7. The Morgan fingerprint density at radius 3 is 1.58 bits per heavy atom. The molecular formula is C45H82O14Si. The summed E-state index contributed by atoms with van der Waals surface area (Å²) < 4.78 is 57.0. The average Bonchev–Trinajstić information content (AvgIpc) is 3.50. The Balaban J connectivity index is 2.76. The first-order valence-corrected chi connectivity index (χ1v) is 25.9. The van der Waals surface area contributed by atoms with Gasteiger partial charge in [-0.3, -0.25) is 19.2 Å². The van der Waals surface area contributed by atoms with Crippen LogP contribution in [0.4, 0.5) is 0 Å². The van der Waals surface area contributed by atoms with Gasteiger partial charge in [-0.15, -0.1) is 0 Å². The molecule has 0 aromatic heterocycles. The molecule has 2 heterocycles. The lowest BCUT2D eigenvalue weighted by atomic mass is 9.97. The second-order valence-electron chi connectivity index (χ2n) is 18.3. The van der Waals surface area contributed by atoms with Crippen LogP contribution >= 0.6 is 0 Å². The Morgan fingerprint density at radius 1 is 0.633 bits per heavy atom. The van der Waals surface area contributed by atoms with E-state index in [2.05, 4.69) is 27.7 Å². The molecular weight excluding hydrogens is 793 g/mol. The van der Waals surface area contributed by atoms with E-state index < -0.39 is 93.8 Å². The minimum Gasteiger partial charge on any atom is -0.463 e. The molecule has 14 nitrogen and oxygen atoms in total. The molecule has 0 aromatic carbocycles. The lowest BCUT2D eigenvalue weighted by Crippen LogP contribution is -2.64. The van der Waals surface area contributed by atoms with Crippen molar-refractivity contribution < 1.29 is 66.6 Å². The number of unbranched alkanes of at least 4 members (excludes halogenated alkanes) is 10. The molecule has 350 valence electrons. The molecule has 1 unspecified atom stereocenters. The number of esters is 4. The van der Waals surface area contributed by atoms with Gasteiger partial charge in [-0.2, -0.15) is 0 Å². The van der Waals surface area contributed by atoms with E-state index in [-0.39, 0.29) is 37.3 Å². The second kappa shape index (κ2) is 27.1. The van der Waals surface area contributed by atoms with E-state index in [0.717, 1.165) is 64.2 Å². The minimum absolute atomic E-state index is 0.0701. The van der Waals surface area contributed by atoms with E-state index in [4.69, 9.17) is 42.3 Å². The SMILES string of the molecule is CCCCCCCC(=O)O[C@@H]1[C@H](OC(O[Si](C)(C)C(C)(C)C)[C@H]2OC(C)(C)O[C@H]2CO)O[C@H](COC(=O)CCCCC)[C@@H](OC(=O)CCCCC)[C@@H]1OC(=O)CCCCC. The summed E-state index contributed by atoms with van der Waals surface area (Å²) in [5.41, 5.74) is 0. The molecule has 1 N–H and O–H groups in total. The maximum Gasteiger partial charge on any atom is 0.306 e. The van der Waals surface area contributed by atoms with Gasteiger partial charge in [0.05, 0.1) is 6.61 Å². The normalized spacial score (nSPS) is 24.8. The van der Waals surface area contributed by atoms with Gasteiger partial charge < -0.3 is 47.4 Å². The molecule has 0 radical (unpaired) electrons. The van der Waals surface area contributed by atoms with Gasteiger partial charge in [0.2, 0.25) is 6.29 Å². The van der Waals surface area contributed by atoms with Gasteiger partial charge in [0.15, 0.2) is 38.7 Å². The smallest absolute Gasteiger partial charge is 0.306 e. The van der Waals surface area contributed by atoms with Gasteiger partial charge in [-0.25, -0.2) is 0 Å².